The number of nitrogens with one attached hydrogen (secondary N) is 1. The molecular weight excluding hydrogens is 500 g/mol. The largest absolute Gasteiger partial charge is 0.491 e. The van der Waals surface area contributed by atoms with Crippen molar-refractivity contribution < 1.29 is 47.5 Å². The van der Waals surface area contributed by atoms with E-state index in [1.165, 1.54) is 19.1 Å². The molecule has 0 unspecified atom stereocenters. The lowest BCUT2D eigenvalue weighted by Crippen LogP contribution is -2.33. The van der Waals surface area contributed by atoms with E-state index in [1.807, 2.05) is 0 Å². The summed E-state index contributed by atoms with van der Waals surface area (Å²) >= 11 is 0. The van der Waals surface area contributed by atoms with Crippen LogP contribution >= 0.6 is 0 Å². The molecule has 0 aromatic heterocycles. The predicted molar refractivity (Wildman–Crippen MR) is 137 cm³/mol. The highest BCUT2D eigenvalue weighted by Crippen LogP contribution is 2.15. The minimum atomic E-state index is -0.308. The van der Waals surface area contributed by atoms with E-state index in [2.05, 4.69) is 5.32 Å². The van der Waals surface area contributed by atoms with Gasteiger partial charge in [0.25, 0.3) is 11.8 Å². The number of carbonyl (C=O) groups excluding carboxylic acids is 3. The second kappa shape index (κ2) is 20.1. The Balaban J connectivity index is 1.24. The molecule has 38 heavy (non-hydrogen) atoms. The molecule has 0 saturated carbocycles. The van der Waals surface area contributed by atoms with Gasteiger partial charge in [0.15, 0.2) is 0 Å². The summed E-state index contributed by atoms with van der Waals surface area (Å²) in [5.74, 6) is -0.0213. The second-order valence-corrected chi connectivity index (χ2v) is 7.89. The maximum absolute atomic E-state index is 11.4. The fraction of sp³-hybridized carbons (Fsp3) is 0.577. The standard InChI is InChI=1S/C26H38N2O10/c1-22(29)27-23-2-4-24(5-3-23)38-21-20-37-19-18-36-17-16-35-15-14-34-13-12-33-11-10-32-9-8-28-25(30)6-7-26(28)31/h2-7H,8-21H2,1H3,(H,27,29). The van der Waals surface area contributed by atoms with Crippen LogP contribution in [0.15, 0.2) is 36.4 Å². The smallest absolute Gasteiger partial charge is 0.253 e. The minimum Gasteiger partial charge on any atom is -0.491 e. The van der Waals surface area contributed by atoms with E-state index in [1.54, 1.807) is 24.3 Å². The molecular formula is C26H38N2O10. The first-order valence-electron chi connectivity index (χ1n) is 12.6. The van der Waals surface area contributed by atoms with Gasteiger partial charge in [0.05, 0.1) is 85.8 Å². The topological polar surface area (TPSA) is 131 Å². The van der Waals surface area contributed by atoms with Gasteiger partial charge >= 0.3 is 0 Å². The summed E-state index contributed by atoms with van der Waals surface area (Å²) in [5, 5.41) is 2.70. The molecule has 1 aromatic carbocycles. The minimum absolute atomic E-state index is 0.113. The van der Waals surface area contributed by atoms with Gasteiger partial charge in [-0.25, -0.2) is 0 Å². The first-order valence-corrected chi connectivity index (χ1v) is 12.6. The van der Waals surface area contributed by atoms with E-state index < -0.39 is 0 Å². The molecule has 1 aromatic rings. The summed E-state index contributed by atoms with van der Waals surface area (Å²) in [5.41, 5.74) is 0.725. The number of nitrogens with zero attached hydrogens (tertiary/aromatic N) is 1. The maximum atomic E-state index is 11.4. The molecule has 0 saturated heterocycles. The van der Waals surface area contributed by atoms with Gasteiger partial charge in [-0.05, 0) is 24.3 Å². The first kappa shape index (κ1) is 31.3. The molecule has 0 radical (unpaired) electrons. The third-order valence-corrected chi connectivity index (χ3v) is 4.89. The van der Waals surface area contributed by atoms with Crippen molar-refractivity contribution in [2.75, 3.05) is 97.8 Å². The van der Waals surface area contributed by atoms with Crippen molar-refractivity contribution in [1.29, 1.82) is 0 Å². The van der Waals surface area contributed by atoms with E-state index in [0.29, 0.717) is 85.0 Å². The first-order chi connectivity index (χ1) is 18.6. The lowest BCUT2D eigenvalue weighted by Gasteiger charge is -2.13. The summed E-state index contributed by atoms with van der Waals surface area (Å²) in [6, 6.07) is 7.14. The Morgan fingerprint density at radius 2 is 1.03 bits per heavy atom. The second-order valence-electron chi connectivity index (χ2n) is 7.89. The molecule has 1 aliphatic rings. The van der Waals surface area contributed by atoms with Gasteiger partial charge in [-0.15, -0.1) is 0 Å². The van der Waals surface area contributed by atoms with Gasteiger partial charge in [0.2, 0.25) is 5.91 Å². The van der Waals surface area contributed by atoms with E-state index in [-0.39, 0.29) is 30.9 Å². The van der Waals surface area contributed by atoms with E-state index >= 15 is 0 Å². The molecule has 3 amide bonds. The SMILES string of the molecule is CC(=O)Nc1ccc(OCCOCCOCCOCCOCCOCCOCCN2C(=O)C=CC2=O)cc1. The van der Waals surface area contributed by atoms with Crippen LogP contribution in [0.4, 0.5) is 5.69 Å². The maximum Gasteiger partial charge on any atom is 0.253 e. The monoisotopic (exact) mass is 538 g/mol. The molecule has 12 nitrogen and oxygen atoms in total. The van der Waals surface area contributed by atoms with Crippen LogP contribution in [0.3, 0.4) is 0 Å². The van der Waals surface area contributed by atoms with Crippen LogP contribution in [0.25, 0.3) is 0 Å². The molecule has 12 heteroatoms. The Morgan fingerprint density at radius 1 is 0.632 bits per heavy atom. The van der Waals surface area contributed by atoms with Crippen molar-refractivity contribution in [3.8, 4) is 5.75 Å². The Kier molecular flexibility index (Phi) is 16.6. The van der Waals surface area contributed by atoms with Gasteiger partial charge in [-0.1, -0.05) is 0 Å². The summed E-state index contributed by atoms with van der Waals surface area (Å²) in [4.78, 5) is 34.9. The van der Waals surface area contributed by atoms with Crippen molar-refractivity contribution in [3.63, 3.8) is 0 Å². The number of anilines is 1. The van der Waals surface area contributed by atoms with Gasteiger partial charge < -0.3 is 38.5 Å². The average molecular weight is 539 g/mol. The summed E-state index contributed by atoms with van der Waals surface area (Å²) < 4.78 is 38.1. The molecule has 1 N–H and O–H groups in total. The predicted octanol–water partition coefficient (Wildman–Crippen LogP) is 1.05. The molecule has 0 atom stereocenters. The summed E-state index contributed by atoms with van der Waals surface area (Å²) in [7, 11) is 0. The molecule has 1 aliphatic heterocycles. The third-order valence-electron chi connectivity index (χ3n) is 4.89. The zero-order valence-corrected chi connectivity index (χ0v) is 21.9. The summed E-state index contributed by atoms with van der Waals surface area (Å²) in [6.45, 7) is 7.33. The number of hydrogen-bond donors (Lipinski definition) is 1. The van der Waals surface area contributed by atoms with Crippen molar-refractivity contribution in [2.24, 2.45) is 0 Å². The highest BCUT2D eigenvalue weighted by molar-refractivity contribution is 6.12. The van der Waals surface area contributed by atoms with Crippen LogP contribution in [-0.2, 0) is 42.8 Å². The van der Waals surface area contributed by atoms with Gasteiger partial charge in [-0.2, -0.15) is 0 Å². The molecule has 0 spiro atoms. The Hall–Kier alpha value is -2.87. The average Bonchev–Trinajstić information content (AvgIpc) is 3.22. The lowest BCUT2D eigenvalue weighted by molar-refractivity contribution is -0.137. The molecule has 0 aliphatic carbocycles. The molecule has 0 bridgehead atoms. The van der Waals surface area contributed by atoms with Gasteiger partial charge in [0.1, 0.15) is 12.4 Å². The Labute approximate surface area is 223 Å². The highest BCUT2D eigenvalue weighted by Gasteiger charge is 2.22. The van der Waals surface area contributed by atoms with E-state index in [9.17, 15) is 14.4 Å². The van der Waals surface area contributed by atoms with Crippen molar-refractivity contribution in [1.82, 2.24) is 4.90 Å². The lowest BCUT2D eigenvalue weighted by atomic mass is 10.3. The quantitative estimate of drug-likeness (QED) is 0.159. The number of hydrogen-bond acceptors (Lipinski definition) is 10. The zero-order valence-electron chi connectivity index (χ0n) is 21.9. The number of rotatable bonds is 23. The van der Waals surface area contributed by atoms with Crippen LogP contribution in [-0.4, -0.2) is 115 Å². The Bertz CT molecular complexity index is 829. The van der Waals surface area contributed by atoms with Crippen LogP contribution in [0.1, 0.15) is 6.92 Å². The third kappa shape index (κ3) is 14.8. The van der Waals surface area contributed by atoms with Crippen molar-refractivity contribution >= 4 is 23.4 Å². The molecule has 1 heterocycles. The normalized spacial score (nSPS) is 12.9. The van der Waals surface area contributed by atoms with Crippen molar-refractivity contribution in [2.45, 2.75) is 6.92 Å². The number of imide groups is 1. The molecule has 2 rings (SSSR count). The van der Waals surface area contributed by atoms with E-state index in [4.69, 9.17) is 33.2 Å². The van der Waals surface area contributed by atoms with Gasteiger partial charge in [0, 0.05) is 24.8 Å². The number of benzene rings is 1. The van der Waals surface area contributed by atoms with Crippen LogP contribution < -0.4 is 10.1 Å². The number of carbonyl (C=O) groups is 3. The molecule has 212 valence electrons. The Morgan fingerprint density at radius 3 is 1.45 bits per heavy atom. The number of ether oxygens (including phenoxy) is 7. The van der Waals surface area contributed by atoms with Crippen LogP contribution in [0, 0.1) is 0 Å². The van der Waals surface area contributed by atoms with Crippen LogP contribution in [0.2, 0.25) is 0 Å². The van der Waals surface area contributed by atoms with Gasteiger partial charge in [-0.3, -0.25) is 19.3 Å². The molecule has 0 fully saturated rings. The van der Waals surface area contributed by atoms with Crippen molar-refractivity contribution in [3.05, 3.63) is 36.4 Å². The summed E-state index contributed by atoms with van der Waals surface area (Å²) in [6.07, 6.45) is 2.50. The van der Waals surface area contributed by atoms with E-state index in [0.717, 1.165) is 10.6 Å². The number of amides is 3. The highest BCUT2D eigenvalue weighted by atomic mass is 16.6. The zero-order chi connectivity index (χ0) is 27.3. The van der Waals surface area contributed by atoms with Crippen LogP contribution in [0.5, 0.6) is 5.75 Å². The fourth-order valence-corrected chi connectivity index (χ4v) is 3.07. The fourth-order valence-electron chi connectivity index (χ4n) is 3.07.